The zero-order valence-corrected chi connectivity index (χ0v) is 13.2. The SMILES string of the molecule is CCCCCCCC(=O)NN=Cc1c(Cl)cccc1Cl. The van der Waals surface area contributed by atoms with E-state index in [2.05, 4.69) is 17.5 Å². The number of nitrogens with zero attached hydrogens (tertiary/aromatic N) is 1. The molecule has 110 valence electrons. The van der Waals surface area contributed by atoms with Crippen molar-refractivity contribution in [3.63, 3.8) is 0 Å². The average Bonchev–Trinajstić information content (AvgIpc) is 2.42. The fraction of sp³-hybridized carbons (Fsp3) is 0.467. The van der Waals surface area contributed by atoms with Crippen LogP contribution < -0.4 is 5.43 Å². The molecule has 3 nitrogen and oxygen atoms in total. The van der Waals surface area contributed by atoms with E-state index in [0.717, 1.165) is 12.8 Å². The van der Waals surface area contributed by atoms with Gasteiger partial charge in [0.15, 0.2) is 0 Å². The smallest absolute Gasteiger partial charge is 0.240 e. The highest BCUT2D eigenvalue weighted by atomic mass is 35.5. The summed E-state index contributed by atoms with van der Waals surface area (Å²) in [5, 5.41) is 4.90. The lowest BCUT2D eigenvalue weighted by atomic mass is 10.1. The van der Waals surface area contributed by atoms with Crippen LogP contribution in [0.5, 0.6) is 0 Å². The number of carbonyl (C=O) groups is 1. The van der Waals surface area contributed by atoms with Gasteiger partial charge < -0.3 is 0 Å². The average molecular weight is 315 g/mol. The molecule has 0 aliphatic heterocycles. The van der Waals surface area contributed by atoms with E-state index in [1.54, 1.807) is 18.2 Å². The van der Waals surface area contributed by atoms with Crippen LogP contribution in [0.2, 0.25) is 10.0 Å². The molecule has 1 rings (SSSR count). The monoisotopic (exact) mass is 314 g/mol. The van der Waals surface area contributed by atoms with Crippen LogP contribution in [-0.4, -0.2) is 12.1 Å². The Labute approximate surface area is 130 Å². The normalized spacial score (nSPS) is 10.9. The predicted molar refractivity (Wildman–Crippen MR) is 85.6 cm³/mol. The molecule has 1 amide bonds. The summed E-state index contributed by atoms with van der Waals surface area (Å²) in [6, 6.07) is 5.21. The Morgan fingerprint density at radius 2 is 1.85 bits per heavy atom. The molecule has 0 bridgehead atoms. The van der Waals surface area contributed by atoms with Crippen molar-refractivity contribution in [3.05, 3.63) is 33.8 Å². The number of benzene rings is 1. The zero-order valence-electron chi connectivity index (χ0n) is 11.7. The summed E-state index contributed by atoms with van der Waals surface area (Å²) in [7, 11) is 0. The van der Waals surface area contributed by atoms with Crippen molar-refractivity contribution in [2.24, 2.45) is 5.10 Å². The number of carbonyl (C=O) groups excluding carboxylic acids is 1. The van der Waals surface area contributed by atoms with Crippen molar-refractivity contribution in [2.75, 3.05) is 0 Å². The van der Waals surface area contributed by atoms with Gasteiger partial charge in [-0.3, -0.25) is 4.79 Å². The van der Waals surface area contributed by atoms with Crippen LogP contribution in [0.1, 0.15) is 51.0 Å². The first-order valence-corrected chi connectivity index (χ1v) is 7.66. The van der Waals surface area contributed by atoms with E-state index in [4.69, 9.17) is 23.2 Å². The van der Waals surface area contributed by atoms with Crippen LogP contribution in [-0.2, 0) is 4.79 Å². The maximum absolute atomic E-state index is 11.5. The lowest BCUT2D eigenvalue weighted by molar-refractivity contribution is -0.121. The molecular weight excluding hydrogens is 295 g/mol. The molecule has 0 aliphatic carbocycles. The Kier molecular flexibility index (Phi) is 8.31. The Bertz CT molecular complexity index is 441. The van der Waals surface area contributed by atoms with E-state index < -0.39 is 0 Å². The summed E-state index contributed by atoms with van der Waals surface area (Å²) >= 11 is 12.0. The molecule has 1 aromatic carbocycles. The summed E-state index contributed by atoms with van der Waals surface area (Å²) in [6.07, 6.45) is 7.56. The number of unbranched alkanes of at least 4 members (excludes halogenated alkanes) is 4. The molecule has 0 unspecified atom stereocenters. The molecule has 5 heteroatoms. The van der Waals surface area contributed by atoms with Gasteiger partial charge in [0.2, 0.25) is 5.91 Å². The topological polar surface area (TPSA) is 41.5 Å². The summed E-state index contributed by atoms with van der Waals surface area (Å²) < 4.78 is 0. The molecule has 0 radical (unpaired) electrons. The highest BCUT2D eigenvalue weighted by molar-refractivity contribution is 6.38. The van der Waals surface area contributed by atoms with Crippen molar-refractivity contribution >= 4 is 35.3 Å². The van der Waals surface area contributed by atoms with Crippen LogP contribution in [0.3, 0.4) is 0 Å². The van der Waals surface area contributed by atoms with Gasteiger partial charge >= 0.3 is 0 Å². The summed E-state index contributed by atoms with van der Waals surface area (Å²) in [5.74, 6) is -0.0825. The zero-order chi connectivity index (χ0) is 14.8. The number of hydrogen-bond donors (Lipinski definition) is 1. The number of rotatable bonds is 8. The van der Waals surface area contributed by atoms with E-state index in [1.807, 2.05) is 0 Å². The van der Waals surface area contributed by atoms with Crippen molar-refractivity contribution in [1.82, 2.24) is 5.43 Å². The van der Waals surface area contributed by atoms with Crippen LogP contribution in [0.15, 0.2) is 23.3 Å². The van der Waals surface area contributed by atoms with E-state index >= 15 is 0 Å². The van der Waals surface area contributed by atoms with Crippen molar-refractivity contribution in [3.8, 4) is 0 Å². The van der Waals surface area contributed by atoms with Crippen LogP contribution in [0.4, 0.5) is 0 Å². The van der Waals surface area contributed by atoms with Crippen LogP contribution in [0.25, 0.3) is 0 Å². The van der Waals surface area contributed by atoms with E-state index in [1.165, 1.54) is 25.5 Å². The van der Waals surface area contributed by atoms with Gasteiger partial charge in [0, 0.05) is 12.0 Å². The molecule has 0 atom stereocenters. The van der Waals surface area contributed by atoms with Gasteiger partial charge in [0.05, 0.1) is 16.3 Å². The summed E-state index contributed by atoms with van der Waals surface area (Å²) in [6.45, 7) is 2.17. The Balaban J connectivity index is 2.32. The molecule has 0 aromatic heterocycles. The molecule has 0 saturated carbocycles. The number of amides is 1. The van der Waals surface area contributed by atoms with Gasteiger partial charge in [-0.2, -0.15) is 5.10 Å². The number of nitrogens with one attached hydrogen (secondary N) is 1. The fourth-order valence-corrected chi connectivity index (χ4v) is 2.24. The second kappa shape index (κ2) is 9.78. The summed E-state index contributed by atoms with van der Waals surface area (Å²) in [5.41, 5.74) is 3.10. The number of hydrazone groups is 1. The van der Waals surface area contributed by atoms with Gasteiger partial charge in [0.25, 0.3) is 0 Å². The second-order valence-corrected chi connectivity index (χ2v) is 5.41. The molecule has 20 heavy (non-hydrogen) atoms. The lowest BCUT2D eigenvalue weighted by Crippen LogP contribution is -2.16. The van der Waals surface area contributed by atoms with Gasteiger partial charge in [-0.25, -0.2) is 5.43 Å². The van der Waals surface area contributed by atoms with Gasteiger partial charge in [-0.1, -0.05) is 61.9 Å². The third kappa shape index (κ3) is 6.40. The highest BCUT2D eigenvalue weighted by Crippen LogP contribution is 2.21. The first kappa shape index (κ1) is 17.0. The fourth-order valence-electron chi connectivity index (χ4n) is 1.75. The van der Waals surface area contributed by atoms with Crippen molar-refractivity contribution in [2.45, 2.75) is 45.4 Å². The predicted octanol–water partition coefficient (Wildman–Crippen LogP) is 4.80. The third-order valence-corrected chi connectivity index (χ3v) is 3.55. The Morgan fingerprint density at radius 3 is 2.50 bits per heavy atom. The lowest BCUT2D eigenvalue weighted by Gasteiger charge is -2.02. The van der Waals surface area contributed by atoms with E-state index in [0.29, 0.717) is 22.0 Å². The number of halogens is 2. The molecule has 1 aromatic rings. The van der Waals surface area contributed by atoms with Crippen molar-refractivity contribution in [1.29, 1.82) is 0 Å². The van der Waals surface area contributed by atoms with Gasteiger partial charge in [-0.15, -0.1) is 0 Å². The minimum Gasteiger partial charge on any atom is -0.273 e. The Morgan fingerprint density at radius 1 is 1.20 bits per heavy atom. The Hall–Kier alpha value is -1.06. The quantitative estimate of drug-likeness (QED) is 0.418. The van der Waals surface area contributed by atoms with E-state index in [-0.39, 0.29) is 5.91 Å². The maximum atomic E-state index is 11.5. The molecular formula is C15H20Cl2N2O. The molecule has 1 N–H and O–H groups in total. The first-order chi connectivity index (χ1) is 9.65. The second-order valence-electron chi connectivity index (χ2n) is 4.59. The summed E-state index contributed by atoms with van der Waals surface area (Å²) in [4.78, 5) is 11.5. The van der Waals surface area contributed by atoms with Crippen LogP contribution in [0, 0.1) is 0 Å². The minimum absolute atomic E-state index is 0.0825. The molecule has 0 aliphatic rings. The van der Waals surface area contributed by atoms with E-state index in [9.17, 15) is 4.79 Å². The molecule has 0 spiro atoms. The number of hydrogen-bond acceptors (Lipinski definition) is 2. The maximum Gasteiger partial charge on any atom is 0.240 e. The largest absolute Gasteiger partial charge is 0.273 e. The van der Waals surface area contributed by atoms with Crippen molar-refractivity contribution < 1.29 is 4.79 Å². The molecule has 0 heterocycles. The van der Waals surface area contributed by atoms with Gasteiger partial charge in [-0.05, 0) is 18.6 Å². The first-order valence-electron chi connectivity index (χ1n) is 6.91. The minimum atomic E-state index is -0.0825. The highest BCUT2D eigenvalue weighted by Gasteiger charge is 2.03. The molecule has 0 fully saturated rings. The van der Waals surface area contributed by atoms with Crippen LogP contribution >= 0.6 is 23.2 Å². The standard InChI is InChI=1S/C15H20Cl2N2O/c1-2-3-4-5-6-10-15(20)19-18-11-12-13(16)8-7-9-14(12)17/h7-9,11H,2-6,10H2,1H3,(H,19,20). The third-order valence-electron chi connectivity index (χ3n) is 2.89. The van der Waals surface area contributed by atoms with Gasteiger partial charge in [0.1, 0.15) is 0 Å². The molecule has 0 saturated heterocycles.